The molecule has 21 heavy (non-hydrogen) atoms. The summed E-state index contributed by atoms with van der Waals surface area (Å²) >= 11 is 0. The van der Waals surface area contributed by atoms with Gasteiger partial charge in [0, 0.05) is 29.9 Å². The number of halogens is 3. The Bertz CT molecular complexity index is 685. The maximum absolute atomic E-state index is 13.5. The maximum Gasteiger partial charge on any atom is 0.402 e. The van der Waals surface area contributed by atoms with Gasteiger partial charge in [0.2, 0.25) is 0 Å². The van der Waals surface area contributed by atoms with Crippen molar-refractivity contribution >= 4 is 16.6 Å². The molecule has 1 aromatic heterocycles. The minimum absolute atomic E-state index is 0.107. The minimum atomic E-state index is -4.57. The van der Waals surface area contributed by atoms with E-state index in [0.29, 0.717) is 10.8 Å². The Kier molecular flexibility index (Phi) is 3.20. The van der Waals surface area contributed by atoms with Crippen LogP contribution >= 0.6 is 0 Å². The average Bonchev–Trinajstić information content (AvgIpc) is 2.96. The number of fused-ring (bicyclic) bond motifs is 1. The smallest absolute Gasteiger partial charge is 0.315 e. The lowest BCUT2D eigenvalue weighted by Crippen LogP contribution is -2.46. The number of rotatable bonds is 2. The molecule has 2 heterocycles. The maximum atomic E-state index is 13.5. The first kappa shape index (κ1) is 14.0. The molecule has 0 aliphatic carbocycles. The molecule has 0 radical (unpaired) electrons. The summed E-state index contributed by atoms with van der Waals surface area (Å²) < 4.78 is 40.4. The fraction of sp³-hybridized carbons (Fsp3) is 0.333. The topological polar surface area (TPSA) is 42.0 Å². The molecule has 1 saturated heterocycles. The summed E-state index contributed by atoms with van der Waals surface area (Å²) in [5, 5.41) is 3.83. The van der Waals surface area contributed by atoms with Crippen LogP contribution in [0.3, 0.4) is 0 Å². The highest BCUT2D eigenvalue weighted by molar-refractivity contribution is 6.11. The molecule has 1 N–H and O–H groups in total. The highest BCUT2D eigenvalue weighted by atomic mass is 19.4. The molecule has 2 aromatic rings. The van der Waals surface area contributed by atoms with E-state index in [1.54, 1.807) is 24.4 Å². The van der Waals surface area contributed by atoms with Gasteiger partial charge < -0.3 is 5.32 Å². The van der Waals surface area contributed by atoms with Crippen LogP contribution < -0.4 is 5.32 Å². The van der Waals surface area contributed by atoms with Crippen LogP contribution in [0.2, 0.25) is 0 Å². The first-order chi connectivity index (χ1) is 9.96. The Hall–Kier alpha value is -1.95. The lowest BCUT2D eigenvalue weighted by Gasteiger charge is -2.29. The number of Topliss-reactive ketones (excluding diaryl/α,β-unsaturated/α-hetero) is 1. The largest absolute Gasteiger partial charge is 0.402 e. The second-order valence-electron chi connectivity index (χ2n) is 5.24. The number of aromatic nitrogens is 1. The van der Waals surface area contributed by atoms with Gasteiger partial charge >= 0.3 is 6.18 Å². The fourth-order valence-corrected chi connectivity index (χ4v) is 2.83. The number of benzene rings is 1. The van der Waals surface area contributed by atoms with Crippen LogP contribution in [0.1, 0.15) is 16.8 Å². The normalized spacial score (nSPS) is 22.6. The van der Waals surface area contributed by atoms with Crippen LogP contribution in [0, 0.1) is 5.41 Å². The molecule has 1 unspecified atom stereocenters. The van der Waals surface area contributed by atoms with Gasteiger partial charge in [0.05, 0.1) is 0 Å². The van der Waals surface area contributed by atoms with E-state index >= 15 is 0 Å². The second kappa shape index (κ2) is 4.80. The highest BCUT2D eigenvalue weighted by Crippen LogP contribution is 2.46. The van der Waals surface area contributed by atoms with Gasteiger partial charge in [-0.05, 0) is 24.4 Å². The monoisotopic (exact) mass is 294 g/mol. The molecule has 0 amide bonds. The van der Waals surface area contributed by atoms with E-state index in [2.05, 4.69) is 10.3 Å². The van der Waals surface area contributed by atoms with Crippen molar-refractivity contribution in [1.82, 2.24) is 10.3 Å². The number of carbonyl (C=O) groups excluding carboxylic acids is 1. The molecular formula is C15H13F3N2O. The van der Waals surface area contributed by atoms with Crippen LogP contribution in [0.5, 0.6) is 0 Å². The van der Waals surface area contributed by atoms with Crippen LogP contribution in [0.15, 0.2) is 36.7 Å². The van der Waals surface area contributed by atoms with Crippen molar-refractivity contribution in [3.63, 3.8) is 0 Å². The van der Waals surface area contributed by atoms with E-state index in [0.717, 1.165) is 0 Å². The number of carbonyl (C=O) groups is 1. The second-order valence-corrected chi connectivity index (χ2v) is 5.24. The predicted octanol–water partition coefficient (Wildman–Crippen LogP) is 2.96. The third kappa shape index (κ3) is 2.10. The minimum Gasteiger partial charge on any atom is -0.315 e. The van der Waals surface area contributed by atoms with Gasteiger partial charge in [-0.15, -0.1) is 0 Å². The number of alkyl halides is 3. The summed E-state index contributed by atoms with van der Waals surface area (Å²) in [4.78, 5) is 16.6. The number of nitrogens with one attached hydrogen (secondary N) is 1. The number of ketones is 1. The van der Waals surface area contributed by atoms with E-state index < -0.39 is 17.4 Å². The zero-order valence-electron chi connectivity index (χ0n) is 11.1. The zero-order valence-corrected chi connectivity index (χ0v) is 11.1. The molecule has 1 aliphatic heterocycles. The summed E-state index contributed by atoms with van der Waals surface area (Å²) in [5.41, 5.74) is -2.22. The van der Waals surface area contributed by atoms with Crippen molar-refractivity contribution in [3.05, 3.63) is 42.2 Å². The first-order valence-corrected chi connectivity index (χ1v) is 6.61. The molecule has 0 saturated carbocycles. The Morgan fingerprint density at radius 3 is 2.76 bits per heavy atom. The Balaban J connectivity index is 2.16. The number of pyridine rings is 1. The van der Waals surface area contributed by atoms with Gasteiger partial charge in [-0.1, -0.05) is 18.2 Å². The number of hydrogen-bond donors (Lipinski definition) is 1. The number of hydrogen-bond acceptors (Lipinski definition) is 3. The van der Waals surface area contributed by atoms with Crippen LogP contribution in [-0.2, 0) is 0 Å². The molecule has 3 nitrogen and oxygen atoms in total. The Labute approximate surface area is 119 Å². The lowest BCUT2D eigenvalue weighted by atomic mass is 9.78. The van der Waals surface area contributed by atoms with Gasteiger partial charge in [0.15, 0.2) is 5.78 Å². The van der Waals surface area contributed by atoms with E-state index in [-0.39, 0.29) is 25.1 Å². The quantitative estimate of drug-likeness (QED) is 0.866. The lowest BCUT2D eigenvalue weighted by molar-refractivity contribution is -0.197. The molecule has 110 valence electrons. The predicted molar refractivity (Wildman–Crippen MR) is 72.0 cm³/mol. The van der Waals surface area contributed by atoms with E-state index in [1.165, 1.54) is 12.3 Å². The van der Waals surface area contributed by atoms with Crippen LogP contribution in [0.25, 0.3) is 10.8 Å². The summed E-state index contributed by atoms with van der Waals surface area (Å²) in [6, 6.07) is 6.35. The molecular weight excluding hydrogens is 281 g/mol. The van der Waals surface area contributed by atoms with Crippen LogP contribution in [0.4, 0.5) is 13.2 Å². The Morgan fingerprint density at radius 1 is 1.29 bits per heavy atom. The zero-order chi connectivity index (χ0) is 15.1. The van der Waals surface area contributed by atoms with Crippen molar-refractivity contribution < 1.29 is 18.0 Å². The molecule has 6 heteroatoms. The molecule has 1 fully saturated rings. The summed E-state index contributed by atoms with van der Waals surface area (Å²) in [7, 11) is 0. The van der Waals surface area contributed by atoms with Crippen molar-refractivity contribution in [3.8, 4) is 0 Å². The summed E-state index contributed by atoms with van der Waals surface area (Å²) in [5.74, 6) is -0.864. The van der Waals surface area contributed by atoms with Gasteiger partial charge in [0.25, 0.3) is 0 Å². The van der Waals surface area contributed by atoms with Gasteiger partial charge in [-0.2, -0.15) is 13.2 Å². The van der Waals surface area contributed by atoms with E-state index in [4.69, 9.17) is 0 Å². The SMILES string of the molecule is O=C(c1cccc2cnccc12)C1(C(F)(F)F)CCNC1. The van der Waals surface area contributed by atoms with Crippen molar-refractivity contribution in [2.45, 2.75) is 12.6 Å². The molecule has 0 bridgehead atoms. The van der Waals surface area contributed by atoms with E-state index in [1.807, 2.05) is 0 Å². The summed E-state index contributed by atoms with van der Waals surface area (Å²) in [6.07, 6.45) is -1.77. The highest BCUT2D eigenvalue weighted by Gasteiger charge is 2.61. The van der Waals surface area contributed by atoms with E-state index in [9.17, 15) is 18.0 Å². The summed E-state index contributed by atoms with van der Waals surface area (Å²) in [6.45, 7) is -0.172. The van der Waals surface area contributed by atoms with Gasteiger partial charge in [0.1, 0.15) is 5.41 Å². The third-order valence-electron chi connectivity index (χ3n) is 4.06. The van der Waals surface area contributed by atoms with Crippen molar-refractivity contribution in [1.29, 1.82) is 0 Å². The first-order valence-electron chi connectivity index (χ1n) is 6.61. The van der Waals surface area contributed by atoms with Crippen LogP contribution in [-0.4, -0.2) is 30.0 Å². The van der Waals surface area contributed by atoms with Gasteiger partial charge in [-0.25, -0.2) is 0 Å². The molecule has 1 aliphatic rings. The molecule has 1 atom stereocenters. The average molecular weight is 294 g/mol. The van der Waals surface area contributed by atoms with Crippen molar-refractivity contribution in [2.24, 2.45) is 5.41 Å². The molecule has 0 spiro atoms. The molecule has 1 aromatic carbocycles. The fourth-order valence-electron chi connectivity index (χ4n) is 2.83. The molecule has 3 rings (SSSR count). The van der Waals surface area contributed by atoms with Crippen molar-refractivity contribution in [2.75, 3.05) is 13.1 Å². The third-order valence-corrected chi connectivity index (χ3v) is 4.06. The standard InChI is InChI=1S/C15H13F3N2O/c16-15(17,18)14(5-7-20-9-14)13(21)12-3-1-2-10-8-19-6-4-11(10)12/h1-4,6,8,20H,5,7,9H2. The Morgan fingerprint density at radius 2 is 2.10 bits per heavy atom. The number of nitrogens with zero attached hydrogens (tertiary/aromatic N) is 1. The van der Waals surface area contributed by atoms with Gasteiger partial charge in [-0.3, -0.25) is 9.78 Å².